The smallest absolute Gasteiger partial charge is 0.354 e. The van der Waals surface area contributed by atoms with E-state index >= 15 is 0 Å². The Morgan fingerprint density at radius 1 is 0.939 bits per heavy atom. The van der Waals surface area contributed by atoms with Crippen molar-refractivity contribution in [2.24, 2.45) is 0 Å². The first-order valence-corrected chi connectivity index (χ1v) is 14.9. The van der Waals surface area contributed by atoms with Crippen LogP contribution in [-0.2, 0) is 68.4 Å². The molecule has 1 saturated heterocycles. The summed E-state index contributed by atoms with van der Waals surface area (Å²) in [5, 5.41) is 0.533. The summed E-state index contributed by atoms with van der Waals surface area (Å²) >= 11 is 6.56. The lowest BCUT2D eigenvalue weighted by atomic mass is 9.89. The van der Waals surface area contributed by atoms with Gasteiger partial charge in [-0.1, -0.05) is 11.6 Å². The number of methoxy groups -OCH3 is 1. The first-order valence-electron chi connectivity index (χ1n) is 14.6. The van der Waals surface area contributed by atoms with Crippen LogP contribution in [0.3, 0.4) is 0 Å². The van der Waals surface area contributed by atoms with E-state index in [1.54, 1.807) is 0 Å². The largest absolute Gasteiger partial charge is 0.466 e. The third kappa shape index (κ3) is 10.5. The van der Waals surface area contributed by atoms with E-state index in [9.17, 15) is 38.4 Å². The first-order chi connectivity index (χ1) is 22.9. The number of amides is 1. The lowest BCUT2D eigenvalue weighted by Gasteiger charge is -2.47. The van der Waals surface area contributed by atoms with Crippen LogP contribution in [0.5, 0.6) is 5.75 Å². The molecule has 2 aromatic rings. The molecular formula is C31H34ClNO16. The Labute approximate surface area is 283 Å². The zero-order valence-electron chi connectivity index (χ0n) is 27.2. The molecule has 1 aliphatic heterocycles. The van der Waals surface area contributed by atoms with Gasteiger partial charge in [0.2, 0.25) is 11.0 Å². The van der Waals surface area contributed by atoms with E-state index in [0.29, 0.717) is 5.39 Å². The standard InChI is InChI=1S/C31H34ClNO16/c1-14(34)43-13-24(46-17(4)37)28(47-18(5)38)29-27(23(45-16(3)36)12-31(32,49-29)30(41)42-6)33-25(39)9-19-10-26(40)48-22-11-20(44-15(2)35)7-8-21(19)22/h7-8,10-11,23-24,27-29H,9,12-13H2,1-6H3,(H,33,39)/t23?,24-,27?,28-,29?,31?/m1/s1. The van der Waals surface area contributed by atoms with E-state index in [1.165, 1.54) is 25.1 Å². The van der Waals surface area contributed by atoms with Gasteiger partial charge >= 0.3 is 41.4 Å². The SMILES string of the molecule is COC(=O)C1(Cl)CC(OC(C)=O)C(NC(=O)Cc2cc(=O)oc3cc(OC(C)=O)ccc23)C([C@H](OC(C)=O)[C@@H](COC(C)=O)OC(C)=O)O1. The van der Waals surface area contributed by atoms with Crippen LogP contribution in [0.15, 0.2) is 33.5 Å². The average Bonchev–Trinajstić information content (AvgIpc) is 2.97. The molecule has 4 unspecified atom stereocenters. The fourth-order valence-corrected chi connectivity index (χ4v) is 5.48. The van der Waals surface area contributed by atoms with Gasteiger partial charge in [-0.05, 0) is 17.7 Å². The van der Waals surface area contributed by atoms with Gasteiger partial charge in [0.1, 0.15) is 30.1 Å². The summed E-state index contributed by atoms with van der Waals surface area (Å²) in [6.07, 6.45) is -7.65. The number of rotatable bonds is 12. The fourth-order valence-electron chi connectivity index (χ4n) is 5.14. The van der Waals surface area contributed by atoms with Gasteiger partial charge in [-0.15, -0.1) is 0 Å². The van der Waals surface area contributed by atoms with Gasteiger partial charge < -0.3 is 42.9 Å². The zero-order valence-corrected chi connectivity index (χ0v) is 28.0. The minimum Gasteiger partial charge on any atom is -0.466 e. The van der Waals surface area contributed by atoms with Crippen LogP contribution >= 0.6 is 11.6 Å². The second-order valence-corrected chi connectivity index (χ2v) is 11.4. The van der Waals surface area contributed by atoms with Crippen molar-refractivity contribution in [1.82, 2.24) is 5.32 Å². The lowest BCUT2D eigenvalue weighted by Crippen LogP contribution is -2.67. The maximum absolute atomic E-state index is 13.7. The Kier molecular flexibility index (Phi) is 12.8. The van der Waals surface area contributed by atoms with Crippen molar-refractivity contribution in [2.75, 3.05) is 13.7 Å². The second-order valence-electron chi connectivity index (χ2n) is 10.8. The Bertz CT molecular complexity index is 1690. The van der Waals surface area contributed by atoms with Gasteiger partial charge in [-0.2, -0.15) is 0 Å². The number of esters is 6. The van der Waals surface area contributed by atoms with Gasteiger partial charge in [-0.3, -0.25) is 28.8 Å². The molecule has 6 atom stereocenters. The molecule has 1 aliphatic rings. The van der Waals surface area contributed by atoms with Crippen molar-refractivity contribution in [3.63, 3.8) is 0 Å². The molecule has 1 N–H and O–H groups in total. The number of carbonyl (C=O) groups excluding carboxylic acids is 7. The molecule has 1 aromatic carbocycles. The normalized spacial score (nSPS) is 21.3. The zero-order chi connectivity index (χ0) is 36.6. The molecule has 266 valence electrons. The van der Waals surface area contributed by atoms with E-state index in [2.05, 4.69) is 5.32 Å². The summed E-state index contributed by atoms with van der Waals surface area (Å²) in [7, 11) is 1.00. The predicted octanol–water partition coefficient (Wildman–Crippen LogP) is 1.00. The van der Waals surface area contributed by atoms with Gasteiger partial charge in [0.15, 0.2) is 12.2 Å². The number of halogens is 1. The number of nitrogens with one attached hydrogen (secondary N) is 1. The number of ether oxygens (including phenoxy) is 7. The van der Waals surface area contributed by atoms with Crippen molar-refractivity contribution >= 4 is 64.3 Å². The summed E-state index contributed by atoms with van der Waals surface area (Å²) in [6, 6.07) is 3.73. The predicted molar refractivity (Wildman–Crippen MR) is 163 cm³/mol. The summed E-state index contributed by atoms with van der Waals surface area (Å²) in [4.78, 5) is 98.7. The molecule has 0 saturated carbocycles. The molecule has 2 heterocycles. The van der Waals surface area contributed by atoms with Crippen LogP contribution in [0, 0.1) is 0 Å². The Hall–Kier alpha value is -5.03. The number of alkyl halides is 1. The van der Waals surface area contributed by atoms with Crippen LogP contribution < -0.4 is 15.7 Å². The van der Waals surface area contributed by atoms with Crippen molar-refractivity contribution in [3.8, 4) is 5.75 Å². The highest BCUT2D eigenvalue weighted by molar-refractivity contribution is 6.32. The van der Waals surface area contributed by atoms with Crippen molar-refractivity contribution in [1.29, 1.82) is 0 Å². The highest BCUT2D eigenvalue weighted by Crippen LogP contribution is 2.38. The van der Waals surface area contributed by atoms with Crippen LogP contribution in [0.2, 0.25) is 0 Å². The van der Waals surface area contributed by atoms with Gasteiger partial charge in [0.05, 0.1) is 19.6 Å². The quantitative estimate of drug-likeness (QED) is 0.106. The molecule has 1 amide bonds. The number of benzene rings is 1. The second kappa shape index (κ2) is 16.4. The summed E-state index contributed by atoms with van der Waals surface area (Å²) in [5.41, 5.74) is -0.664. The van der Waals surface area contributed by atoms with Crippen molar-refractivity contribution in [2.45, 2.75) is 83.0 Å². The molecule has 0 spiro atoms. The number of hydrogen-bond acceptors (Lipinski definition) is 16. The number of fused-ring (bicyclic) bond motifs is 1. The molecule has 17 nitrogen and oxygen atoms in total. The summed E-state index contributed by atoms with van der Waals surface area (Å²) < 4.78 is 42.2. The Morgan fingerprint density at radius 3 is 2.18 bits per heavy atom. The van der Waals surface area contributed by atoms with E-state index < -0.39 is 102 Å². The number of carbonyl (C=O) groups is 7. The minimum absolute atomic E-state index is 0.000310. The fraction of sp³-hybridized carbons (Fsp3) is 0.484. The van der Waals surface area contributed by atoms with Crippen LogP contribution in [0.25, 0.3) is 11.0 Å². The molecule has 0 bridgehead atoms. The monoisotopic (exact) mass is 711 g/mol. The molecule has 49 heavy (non-hydrogen) atoms. The Balaban J connectivity index is 2.12. The van der Waals surface area contributed by atoms with Crippen molar-refractivity contribution < 1.29 is 71.1 Å². The van der Waals surface area contributed by atoms with Gasteiger partial charge in [-0.25, -0.2) is 9.59 Å². The summed E-state index contributed by atoms with van der Waals surface area (Å²) in [5.74, 6) is -6.02. The van der Waals surface area contributed by atoms with Crippen LogP contribution in [0.1, 0.15) is 46.6 Å². The van der Waals surface area contributed by atoms with Crippen molar-refractivity contribution in [3.05, 3.63) is 40.2 Å². The Morgan fingerprint density at radius 2 is 1.61 bits per heavy atom. The van der Waals surface area contributed by atoms with E-state index in [-0.39, 0.29) is 16.9 Å². The van der Waals surface area contributed by atoms with Crippen LogP contribution in [-0.4, -0.2) is 91.0 Å². The third-order valence-electron chi connectivity index (χ3n) is 6.85. The number of hydrogen-bond donors (Lipinski definition) is 1. The molecule has 0 radical (unpaired) electrons. The first kappa shape index (κ1) is 38.4. The lowest BCUT2D eigenvalue weighted by molar-refractivity contribution is -0.225. The molecule has 0 aliphatic carbocycles. The van der Waals surface area contributed by atoms with E-state index in [1.807, 2.05) is 0 Å². The minimum atomic E-state index is -2.39. The topological polar surface area (TPSA) is 226 Å². The van der Waals surface area contributed by atoms with Gasteiger partial charge in [0.25, 0.3) is 0 Å². The molecule has 3 rings (SSSR count). The summed E-state index contributed by atoms with van der Waals surface area (Å²) in [6.45, 7) is 4.63. The average molecular weight is 712 g/mol. The molecule has 1 aromatic heterocycles. The molecular weight excluding hydrogens is 678 g/mol. The maximum atomic E-state index is 13.7. The van der Waals surface area contributed by atoms with Crippen LogP contribution in [0.4, 0.5) is 0 Å². The highest BCUT2D eigenvalue weighted by Gasteiger charge is 2.57. The highest BCUT2D eigenvalue weighted by atomic mass is 35.5. The molecule has 18 heteroatoms. The van der Waals surface area contributed by atoms with E-state index in [4.69, 9.17) is 49.2 Å². The van der Waals surface area contributed by atoms with Gasteiger partial charge in [0, 0.05) is 58.6 Å². The molecule has 1 fully saturated rings. The van der Waals surface area contributed by atoms with E-state index in [0.717, 1.165) is 40.9 Å². The maximum Gasteiger partial charge on any atom is 0.354 e. The third-order valence-corrected chi connectivity index (χ3v) is 7.25.